The number of carbonyl (C=O) groups excluding carboxylic acids is 2. The smallest absolute Gasteiger partial charge is 0.343 e. The van der Waals surface area contributed by atoms with Gasteiger partial charge in [-0.2, -0.15) is 0 Å². The summed E-state index contributed by atoms with van der Waals surface area (Å²) in [6.07, 6.45) is 0. The first-order valence-corrected chi connectivity index (χ1v) is 9.32. The summed E-state index contributed by atoms with van der Waals surface area (Å²) in [5.41, 5.74) is -0.0733. The van der Waals surface area contributed by atoms with E-state index in [0.717, 1.165) is 30.3 Å². The maximum atomic E-state index is 12.6. The highest BCUT2D eigenvalue weighted by atomic mass is 16.5. The number of carbonyl (C=O) groups is 2. The largest absolute Gasteiger partial charge is 0.508 e. The van der Waals surface area contributed by atoms with Gasteiger partial charge in [-0.15, -0.1) is 0 Å². The van der Waals surface area contributed by atoms with E-state index < -0.39 is 17.7 Å². The Morgan fingerprint density at radius 2 is 1.31 bits per heavy atom. The molecule has 4 aromatic rings. The van der Waals surface area contributed by atoms with Crippen LogP contribution in [0.4, 0.5) is 0 Å². The van der Waals surface area contributed by atoms with Gasteiger partial charge in [0.05, 0.1) is 11.1 Å². The zero-order valence-corrected chi connectivity index (χ0v) is 16.4. The molecule has 0 aliphatic rings. The van der Waals surface area contributed by atoms with E-state index in [4.69, 9.17) is 9.47 Å². The minimum atomic E-state index is -0.840. The molecule has 0 spiro atoms. The zero-order valence-electron chi connectivity index (χ0n) is 16.4. The van der Waals surface area contributed by atoms with E-state index in [1.807, 2.05) is 0 Å². The summed E-state index contributed by atoms with van der Waals surface area (Å²) in [4.78, 5) is 25.0. The Kier molecular flexibility index (Phi) is 5.26. The van der Waals surface area contributed by atoms with E-state index in [0.29, 0.717) is 10.8 Å². The molecule has 0 heterocycles. The van der Waals surface area contributed by atoms with Gasteiger partial charge < -0.3 is 29.9 Å². The summed E-state index contributed by atoms with van der Waals surface area (Å²) in [6.45, 7) is 0. The number of hydrogen-bond acceptors (Lipinski definition) is 8. The van der Waals surface area contributed by atoms with Crippen LogP contribution in [0.2, 0.25) is 0 Å². The molecule has 0 radical (unpaired) electrons. The number of aromatic hydroxyl groups is 4. The van der Waals surface area contributed by atoms with Gasteiger partial charge in [-0.05, 0) is 41.8 Å². The second kappa shape index (κ2) is 8.19. The molecule has 0 amide bonds. The van der Waals surface area contributed by atoms with Crippen molar-refractivity contribution in [3.05, 3.63) is 83.9 Å². The minimum absolute atomic E-state index is 0.00207. The first-order valence-electron chi connectivity index (χ1n) is 9.32. The highest BCUT2D eigenvalue weighted by Gasteiger charge is 2.17. The maximum Gasteiger partial charge on any atom is 0.343 e. The van der Waals surface area contributed by atoms with Crippen molar-refractivity contribution in [1.29, 1.82) is 0 Å². The van der Waals surface area contributed by atoms with Gasteiger partial charge in [0.1, 0.15) is 23.0 Å². The van der Waals surface area contributed by atoms with Crippen LogP contribution in [0.3, 0.4) is 0 Å². The van der Waals surface area contributed by atoms with Gasteiger partial charge in [-0.1, -0.05) is 24.3 Å². The van der Waals surface area contributed by atoms with Crippen LogP contribution in [0.15, 0.2) is 72.8 Å². The molecule has 4 N–H and O–H groups in total. The highest BCUT2D eigenvalue weighted by Crippen LogP contribution is 2.33. The minimum Gasteiger partial charge on any atom is -0.508 e. The fraction of sp³-hybridized carbons (Fsp3) is 0. The average Bonchev–Trinajstić information content (AvgIpc) is 2.75. The lowest BCUT2D eigenvalue weighted by Gasteiger charge is -2.12. The Balaban J connectivity index is 1.67. The van der Waals surface area contributed by atoms with Crippen molar-refractivity contribution in [2.24, 2.45) is 0 Å². The van der Waals surface area contributed by atoms with Crippen LogP contribution in [0.5, 0.6) is 34.5 Å². The van der Waals surface area contributed by atoms with E-state index in [-0.39, 0.29) is 39.9 Å². The van der Waals surface area contributed by atoms with Crippen LogP contribution in [-0.4, -0.2) is 32.4 Å². The molecule has 4 aromatic carbocycles. The standard InChI is InChI=1S/C24H16O8/c25-16-7-15(8-17(26)11-16)24(30)32-22-12-18(9-13-3-1-2-4-19(13)22)31-23(29)14-5-6-20(27)21(28)10-14/h1-12,25-28H. The molecule has 0 fully saturated rings. The summed E-state index contributed by atoms with van der Waals surface area (Å²) in [6, 6.07) is 16.7. The lowest BCUT2D eigenvalue weighted by molar-refractivity contribution is 0.0733. The molecule has 8 heteroatoms. The van der Waals surface area contributed by atoms with Crippen LogP contribution in [0.25, 0.3) is 10.8 Å². The third-order valence-corrected chi connectivity index (χ3v) is 4.56. The summed E-state index contributed by atoms with van der Waals surface area (Å²) in [5.74, 6) is -2.93. The monoisotopic (exact) mass is 432 g/mol. The van der Waals surface area contributed by atoms with Crippen molar-refractivity contribution >= 4 is 22.7 Å². The Hall–Kier alpha value is -4.72. The van der Waals surface area contributed by atoms with Crippen LogP contribution in [0, 0.1) is 0 Å². The predicted molar refractivity (Wildman–Crippen MR) is 113 cm³/mol. The van der Waals surface area contributed by atoms with Crippen LogP contribution < -0.4 is 9.47 Å². The second-order valence-corrected chi connectivity index (χ2v) is 6.86. The number of esters is 2. The Morgan fingerprint density at radius 3 is 2.03 bits per heavy atom. The molecular weight excluding hydrogens is 416 g/mol. The Morgan fingerprint density at radius 1 is 0.625 bits per heavy atom. The Labute approximate surface area is 181 Å². The molecule has 160 valence electrons. The third-order valence-electron chi connectivity index (χ3n) is 4.56. The topological polar surface area (TPSA) is 134 Å². The lowest BCUT2D eigenvalue weighted by atomic mass is 10.1. The first-order chi connectivity index (χ1) is 15.3. The fourth-order valence-electron chi connectivity index (χ4n) is 3.08. The molecule has 0 saturated carbocycles. The lowest BCUT2D eigenvalue weighted by Crippen LogP contribution is -2.10. The van der Waals surface area contributed by atoms with Crippen LogP contribution in [-0.2, 0) is 0 Å². The summed E-state index contributed by atoms with van der Waals surface area (Å²) >= 11 is 0. The molecule has 0 saturated heterocycles. The molecule has 0 aromatic heterocycles. The van der Waals surface area contributed by atoms with Crippen molar-refractivity contribution in [2.75, 3.05) is 0 Å². The van der Waals surface area contributed by atoms with Crippen molar-refractivity contribution in [2.45, 2.75) is 0 Å². The van der Waals surface area contributed by atoms with Gasteiger partial charge in [-0.25, -0.2) is 9.59 Å². The summed E-state index contributed by atoms with van der Waals surface area (Å²) in [5, 5.41) is 39.4. The van der Waals surface area contributed by atoms with E-state index in [1.54, 1.807) is 30.3 Å². The van der Waals surface area contributed by atoms with Gasteiger partial charge in [0.25, 0.3) is 0 Å². The third kappa shape index (κ3) is 4.24. The number of fused-ring (bicyclic) bond motifs is 1. The molecule has 0 unspecified atom stereocenters. The number of ether oxygens (including phenoxy) is 2. The van der Waals surface area contributed by atoms with Crippen LogP contribution in [0.1, 0.15) is 20.7 Å². The Bertz CT molecular complexity index is 1340. The predicted octanol–water partition coefficient (Wildman–Crippen LogP) is 4.10. The zero-order chi connectivity index (χ0) is 22.8. The molecule has 32 heavy (non-hydrogen) atoms. The summed E-state index contributed by atoms with van der Waals surface area (Å²) in [7, 11) is 0. The van der Waals surface area contributed by atoms with E-state index in [9.17, 15) is 30.0 Å². The summed E-state index contributed by atoms with van der Waals surface area (Å²) < 4.78 is 10.8. The number of hydrogen-bond donors (Lipinski definition) is 4. The van der Waals surface area contributed by atoms with E-state index in [1.165, 1.54) is 12.1 Å². The van der Waals surface area contributed by atoms with Crippen LogP contribution >= 0.6 is 0 Å². The SMILES string of the molecule is O=C(Oc1cc(OC(=O)c2cc(O)cc(O)c2)c2ccccc2c1)c1ccc(O)c(O)c1. The molecule has 0 bridgehead atoms. The van der Waals surface area contributed by atoms with Gasteiger partial charge in [-0.3, -0.25) is 0 Å². The van der Waals surface area contributed by atoms with Crippen molar-refractivity contribution in [3.8, 4) is 34.5 Å². The second-order valence-electron chi connectivity index (χ2n) is 6.86. The number of rotatable bonds is 4. The highest BCUT2D eigenvalue weighted by molar-refractivity contribution is 5.97. The average molecular weight is 432 g/mol. The van der Waals surface area contributed by atoms with Gasteiger partial charge in [0.15, 0.2) is 11.5 Å². The van der Waals surface area contributed by atoms with Gasteiger partial charge in [0, 0.05) is 17.5 Å². The molecule has 4 rings (SSSR count). The normalized spacial score (nSPS) is 10.6. The molecule has 8 nitrogen and oxygen atoms in total. The number of phenolic OH excluding ortho intramolecular Hbond substituents is 4. The molecule has 0 atom stereocenters. The van der Waals surface area contributed by atoms with E-state index >= 15 is 0 Å². The molecular formula is C24H16O8. The number of phenols is 4. The fourth-order valence-corrected chi connectivity index (χ4v) is 3.08. The van der Waals surface area contributed by atoms with Crippen molar-refractivity contribution in [1.82, 2.24) is 0 Å². The molecule has 0 aliphatic heterocycles. The van der Waals surface area contributed by atoms with Gasteiger partial charge >= 0.3 is 11.9 Å². The van der Waals surface area contributed by atoms with Crippen molar-refractivity contribution < 1.29 is 39.5 Å². The quantitative estimate of drug-likeness (QED) is 0.215. The number of benzene rings is 4. The van der Waals surface area contributed by atoms with Gasteiger partial charge in [0.2, 0.25) is 0 Å². The first kappa shape index (κ1) is 20.5. The van der Waals surface area contributed by atoms with Crippen molar-refractivity contribution in [3.63, 3.8) is 0 Å². The molecule has 0 aliphatic carbocycles. The van der Waals surface area contributed by atoms with E-state index in [2.05, 4.69) is 0 Å². The maximum absolute atomic E-state index is 12.6.